The minimum absolute atomic E-state index is 0.138. The van der Waals surface area contributed by atoms with Gasteiger partial charge in [0.05, 0.1) is 5.92 Å². The summed E-state index contributed by atoms with van der Waals surface area (Å²) >= 11 is 0. The number of amides is 3. The standard InChI is InChI=1S/C25H32N4O3/c1-17(2)15-22(30)28-23(19-10-5-4-6-11-19)25(32)29-14-8-12-20(16-29)24(31)27-21-13-7-9-18(3)26-21/h4-7,9-11,13,17,20,23H,8,12,14-16H2,1-3H3,(H,28,30)(H,26,27,31). The van der Waals surface area contributed by atoms with E-state index in [9.17, 15) is 14.4 Å². The van der Waals surface area contributed by atoms with Crippen LogP contribution in [0.5, 0.6) is 0 Å². The molecule has 1 aromatic heterocycles. The van der Waals surface area contributed by atoms with Gasteiger partial charge < -0.3 is 15.5 Å². The number of nitrogens with zero attached hydrogens (tertiary/aromatic N) is 2. The maximum absolute atomic E-state index is 13.5. The Morgan fingerprint density at radius 1 is 1.09 bits per heavy atom. The molecule has 0 aliphatic carbocycles. The summed E-state index contributed by atoms with van der Waals surface area (Å²) in [5, 5.41) is 5.78. The second-order valence-electron chi connectivity index (χ2n) is 8.79. The summed E-state index contributed by atoms with van der Waals surface area (Å²) < 4.78 is 0. The first kappa shape index (κ1) is 23.4. The fraction of sp³-hybridized carbons (Fsp3) is 0.440. The van der Waals surface area contributed by atoms with Crippen LogP contribution in [0.25, 0.3) is 0 Å². The highest BCUT2D eigenvalue weighted by Crippen LogP contribution is 2.23. The van der Waals surface area contributed by atoms with Crippen molar-refractivity contribution in [1.29, 1.82) is 0 Å². The van der Waals surface area contributed by atoms with E-state index < -0.39 is 6.04 Å². The molecule has 2 heterocycles. The van der Waals surface area contributed by atoms with Gasteiger partial charge in [0, 0.05) is 25.2 Å². The number of nitrogens with one attached hydrogen (secondary N) is 2. The Morgan fingerprint density at radius 3 is 2.53 bits per heavy atom. The third kappa shape index (κ3) is 6.39. The topological polar surface area (TPSA) is 91.4 Å². The zero-order valence-electron chi connectivity index (χ0n) is 19.0. The van der Waals surface area contributed by atoms with E-state index in [4.69, 9.17) is 0 Å². The smallest absolute Gasteiger partial charge is 0.249 e. The Bertz CT molecular complexity index is 945. The van der Waals surface area contributed by atoms with Crippen LogP contribution in [0.4, 0.5) is 5.82 Å². The number of carbonyl (C=O) groups is 3. The number of hydrogen-bond acceptors (Lipinski definition) is 4. The number of carbonyl (C=O) groups excluding carboxylic acids is 3. The molecule has 7 heteroatoms. The molecule has 170 valence electrons. The average Bonchev–Trinajstić information content (AvgIpc) is 2.77. The molecule has 1 aromatic carbocycles. The van der Waals surface area contributed by atoms with Crippen LogP contribution < -0.4 is 10.6 Å². The average molecular weight is 437 g/mol. The molecule has 1 saturated heterocycles. The maximum Gasteiger partial charge on any atom is 0.249 e. The van der Waals surface area contributed by atoms with Crippen LogP contribution in [0.2, 0.25) is 0 Å². The Hall–Kier alpha value is -3.22. The molecular weight excluding hydrogens is 404 g/mol. The van der Waals surface area contributed by atoms with Crippen LogP contribution in [0.1, 0.15) is 50.4 Å². The van der Waals surface area contributed by atoms with Gasteiger partial charge in [0.1, 0.15) is 11.9 Å². The number of likely N-dealkylation sites (tertiary alicyclic amines) is 1. The third-order valence-corrected chi connectivity index (χ3v) is 5.52. The normalized spacial score (nSPS) is 17.0. The van der Waals surface area contributed by atoms with Crippen LogP contribution in [-0.4, -0.2) is 40.7 Å². The summed E-state index contributed by atoms with van der Waals surface area (Å²) in [4.78, 5) is 44.8. The molecule has 2 N–H and O–H groups in total. The summed E-state index contributed by atoms with van der Waals surface area (Å²) in [5.74, 6) is -0.0848. The van der Waals surface area contributed by atoms with E-state index in [-0.39, 0.29) is 29.6 Å². The quantitative estimate of drug-likeness (QED) is 0.695. The Balaban J connectivity index is 1.71. The van der Waals surface area contributed by atoms with E-state index in [0.717, 1.165) is 17.7 Å². The number of piperidine rings is 1. The van der Waals surface area contributed by atoms with Crippen LogP contribution in [0.3, 0.4) is 0 Å². The number of rotatable bonds is 7. The zero-order chi connectivity index (χ0) is 23.1. The predicted molar refractivity (Wildman–Crippen MR) is 124 cm³/mol. The van der Waals surface area contributed by atoms with Gasteiger partial charge in [-0.1, -0.05) is 50.2 Å². The van der Waals surface area contributed by atoms with Crippen LogP contribution in [0, 0.1) is 18.8 Å². The minimum atomic E-state index is -0.761. The van der Waals surface area contributed by atoms with Gasteiger partial charge in [-0.15, -0.1) is 0 Å². The van der Waals surface area contributed by atoms with Crippen molar-refractivity contribution in [3.63, 3.8) is 0 Å². The summed E-state index contributed by atoms with van der Waals surface area (Å²) in [6, 6.07) is 14.0. The van der Waals surface area contributed by atoms with Crippen molar-refractivity contribution in [2.45, 2.75) is 46.1 Å². The van der Waals surface area contributed by atoms with Crippen LogP contribution >= 0.6 is 0 Å². The highest BCUT2D eigenvalue weighted by Gasteiger charge is 2.33. The van der Waals surface area contributed by atoms with Gasteiger partial charge in [-0.25, -0.2) is 4.98 Å². The lowest BCUT2D eigenvalue weighted by atomic mass is 9.95. The minimum Gasteiger partial charge on any atom is -0.341 e. The number of aromatic nitrogens is 1. The summed E-state index contributed by atoms with van der Waals surface area (Å²) in [7, 11) is 0. The molecule has 2 atom stereocenters. The molecule has 1 fully saturated rings. The number of aryl methyl sites for hydroxylation is 1. The molecule has 0 radical (unpaired) electrons. The highest BCUT2D eigenvalue weighted by atomic mass is 16.2. The van der Waals surface area contributed by atoms with Gasteiger partial charge in [-0.05, 0) is 43.4 Å². The van der Waals surface area contributed by atoms with Crippen molar-refractivity contribution < 1.29 is 14.4 Å². The van der Waals surface area contributed by atoms with E-state index in [1.807, 2.05) is 63.2 Å². The predicted octanol–water partition coefficient (Wildman–Crippen LogP) is 3.47. The molecule has 0 saturated carbocycles. The van der Waals surface area contributed by atoms with E-state index in [1.165, 1.54) is 0 Å². The van der Waals surface area contributed by atoms with Crippen molar-refractivity contribution in [3.8, 4) is 0 Å². The van der Waals surface area contributed by atoms with Gasteiger partial charge in [0.15, 0.2) is 0 Å². The first-order chi connectivity index (χ1) is 15.3. The first-order valence-electron chi connectivity index (χ1n) is 11.2. The fourth-order valence-corrected chi connectivity index (χ4v) is 3.94. The number of anilines is 1. The highest BCUT2D eigenvalue weighted by molar-refractivity contribution is 5.93. The van der Waals surface area contributed by atoms with Gasteiger partial charge in [0.25, 0.3) is 0 Å². The molecule has 7 nitrogen and oxygen atoms in total. The fourth-order valence-electron chi connectivity index (χ4n) is 3.94. The number of pyridine rings is 1. The molecule has 2 unspecified atom stereocenters. The molecule has 2 aromatic rings. The first-order valence-corrected chi connectivity index (χ1v) is 11.2. The second kappa shape index (κ2) is 10.9. The van der Waals surface area contributed by atoms with E-state index >= 15 is 0 Å². The molecule has 1 aliphatic heterocycles. The van der Waals surface area contributed by atoms with Gasteiger partial charge in [-0.2, -0.15) is 0 Å². The van der Waals surface area contributed by atoms with E-state index in [2.05, 4.69) is 15.6 Å². The number of hydrogen-bond donors (Lipinski definition) is 2. The summed E-state index contributed by atoms with van der Waals surface area (Å²) in [6.07, 6.45) is 1.79. The van der Waals surface area contributed by atoms with Crippen molar-refractivity contribution in [1.82, 2.24) is 15.2 Å². The zero-order valence-corrected chi connectivity index (χ0v) is 19.0. The Kier molecular flexibility index (Phi) is 7.98. The molecular formula is C25H32N4O3. The molecule has 1 aliphatic rings. The van der Waals surface area contributed by atoms with Gasteiger partial charge in [-0.3, -0.25) is 14.4 Å². The molecule has 0 spiro atoms. The summed E-state index contributed by atoms with van der Waals surface area (Å²) in [6.45, 7) is 6.69. The SMILES string of the molecule is Cc1cccc(NC(=O)C2CCCN(C(=O)C(NC(=O)CC(C)C)c3ccccc3)C2)n1. The monoisotopic (exact) mass is 436 g/mol. The van der Waals surface area contributed by atoms with Gasteiger partial charge in [0.2, 0.25) is 17.7 Å². The van der Waals surface area contributed by atoms with Crippen molar-refractivity contribution in [2.24, 2.45) is 11.8 Å². The van der Waals surface area contributed by atoms with Crippen molar-refractivity contribution >= 4 is 23.5 Å². The lowest BCUT2D eigenvalue weighted by Gasteiger charge is -2.34. The molecule has 3 rings (SSSR count). The third-order valence-electron chi connectivity index (χ3n) is 5.52. The Labute approximate surface area is 189 Å². The summed E-state index contributed by atoms with van der Waals surface area (Å²) in [5.41, 5.74) is 1.57. The van der Waals surface area contributed by atoms with E-state index in [1.54, 1.807) is 11.0 Å². The van der Waals surface area contributed by atoms with Crippen LogP contribution in [0.15, 0.2) is 48.5 Å². The number of benzene rings is 1. The lowest BCUT2D eigenvalue weighted by Crippen LogP contribution is -2.48. The van der Waals surface area contributed by atoms with Crippen molar-refractivity contribution in [3.05, 3.63) is 59.8 Å². The second-order valence-corrected chi connectivity index (χ2v) is 8.79. The lowest BCUT2D eigenvalue weighted by molar-refractivity contribution is -0.139. The Morgan fingerprint density at radius 2 is 1.84 bits per heavy atom. The molecule has 0 bridgehead atoms. The molecule has 32 heavy (non-hydrogen) atoms. The van der Waals surface area contributed by atoms with E-state index in [0.29, 0.717) is 31.7 Å². The maximum atomic E-state index is 13.5. The largest absolute Gasteiger partial charge is 0.341 e. The van der Waals surface area contributed by atoms with Gasteiger partial charge >= 0.3 is 0 Å². The molecule has 3 amide bonds. The van der Waals surface area contributed by atoms with Crippen molar-refractivity contribution in [2.75, 3.05) is 18.4 Å². The van der Waals surface area contributed by atoms with Crippen LogP contribution in [-0.2, 0) is 14.4 Å².